The summed E-state index contributed by atoms with van der Waals surface area (Å²) in [6.07, 6.45) is 0.266. The normalized spacial score (nSPS) is 21.7. The Morgan fingerprint density at radius 2 is 1.88 bits per heavy atom. The Morgan fingerprint density at radius 3 is 2.50 bits per heavy atom. The van der Waals surface area contributed by atoms with Crippen LogP contribution in [0, 0.1) is 0 Å². The van der Waals surface area contributed by atoms with Crippen molar-refractivity contribution in [1.82, 2.24) is 4.90 Å². The van der Waals surface area contributed by atoms with E-state index in [0.29, 0.717) is 16.5 Å². The second-order valence-electron chi connectivity index (χ2n) is 6.33. The van der Waals surface area contributed by atoms with E-state index >= 15 is 0 Å². The average Bonchev–Trinajstić information content (AvgIpc) is 2.64. The molecule has 1 heterocycles. The maximum Gasteiger partial charge on any atom is 0.249 e. The van der Waals surface area contributed by atoms with E-state index in [2.05, 4.69) is 0 Å². The molecule has 1 fully saturated rings. The number of morpholine rings is 1. The fraction of sp³-hybridized carbons (Fsp3) is 0.350. The number of aliphatic hydroxyl groups is 1. The standard InChI is InChI=1S/C20H21Cl2NO3/c1-2-17(11-24)23-18(25)12-26-20(14-4-3-5-16(22)10-14)19(23)13-6-8-15(21)9-7-13/h3-10,17,19-20,24H,2,11-12H2,1H3/t17-,19?,20?/m0/s1. The number of carbonyl (C=O) groups excluding carboxylic acids is 1. The number of halogens is 2. The molecule has 0 aliphatic carbocycles. The lowest BCUT2D eigenvalue weighted by molar-refractivity contribution is -0.165. The first kappa shape index (κ1) is 19.2. The van der Waals surface area contributed by atoms with Crippen molar-refractivity contribution in [2.24, 2.45) is 0 Å². The summed E-state index contributed by atoms with van der Waals surface area (Å²) >= 11 is 12.2. The SMILES string of the molecule is CC[C@@H](CO)N1C(=O)COC(c2cccc(Cl)c2)C1c1ccc(Cl)cc1. The van der Waals surface area contributed by atoms with Crippen molar-refractivity contribution >= 4 is 29.1 Å². The lowest BCUT2D eigenvalue weighted by Gasteiger charge is -2.45. The van der Waals surface area contributed by atoms with E-state index in [4.69, 9.17) is 27.9 Å². The van der Waals surface area contributed by atoms with E-state index in [1.165, 1.54) is 0 Å². The summed E-state index contributed by atoms with van der Waals surface area (Å²) in [6, 6.07) is 14.2. The number of rotatable bonds is 5. The van der Waals surface area contributed by atoms with Crippen LogP contribution in [0.3, 0.4) is 0 Å². The van der Waals surface area contributed by atoms with Crippen LogP contribution in [0.4, 0.5) is 0 Å². The molecule has 2 aromatic rings. The van der Waals surface area contributed by atoms with Crippen LogP contribution in [-0.4, -0.2) is 35.2 Å². The monoisotopic (exact) mass is 393 g/mol. The average molecular weight is 394 g/mol. The van der Waals surface area contributed by atoms with E-state index in [-0.39, 0.29) is 37.3 Å². The van der Waals surface area contributed by atoms with Crippen LogP contribution in [0.5, 0.6) is 0 Å². The predicted octanol–water partition coefficient (Wildman–Crippen LogP) is 4.41. The molecule has 1 aliphatic rings. The van der Waals surface area contributed by atoms with Gasteiger partial charge in [-0.05, 0) is 41.8 Å². The van der Waals surface area contributed by atoms with Gasteiger partial charge in [0.1, 0.15) is 12.7 Å². The van der Waals surface area contributed by atoms with Crippen LogP contribution in [0.15, 0.2) is 48.5 Å². The van der Waals surface area contributed by atoms with Crippen molar-refractivity contribution in [2.75, 3.05) is 13.2 Å². The largest absolute Gasteiger partial charge is 0.394 e. The van der Waals surface area contributed by atoms with E-state index in [0.717, 1.165) is 11.1 Å². The fourth-order valence-corrected chi connectivity index (χ4v) is 3.75. The maximum absolute atomic E-state index is 12.7. The molecule has 3 atom stereocenters. The van der Waals surface area contributed by atoms with Gasteiger partial charge in [-0.15, -0.1) is 0 Å². The number of nitrogens with zero attached hydrogens (tertiary/aromatic N) is 1. The predicted molar refractivity (Wildman–Crippen MR) is 102 cm³/mol. The number of aliphatic hydroxyl groups excluding tert-OH is 1. The van der Waals surface area contributed by atoms with Gasteiger partial charge in [-0.2, -0.15) is 0 Å². The molecule has 0 spiro atoms. The minimum Gasteiger partial charge on any atom is -0.394 e. The Bertz CT molecular complexity index is 762. The second-order valence-corrected chi connectivity index (χ2v) is 7.20. The first-order valence-corrected chi connectivity index (χ1v) is 9.35. The van der Waals surface area contributed by atoms with E-state index in [1.54, 1.807) is 23.1 Å². The van der Waals surface area contributed by atoms with Gasteiger partial charge in [-0.1, -0.05) is 54.4 Å². The van der Waals surface area contributed by atoms with Gasteiger partial charge < -0.3 is 14.7 Å². The lowest BCUT2D eigenvalue weighted by atomic mass is 9.91. The molecule has 3 rings (SSSR count). The molecule has 6 heteroatoms. The summed E-state index contributed by atoms with van der Waals surface area (Å²) in [7, 11) is 0. The number of amides is 1. The third-order valence-electron chi connectivity index (χ3n) is 4.72. The van der Waals surface area contributed by atoms with Gasteiger partial charge in [-0.25, -0.2) is 0 Å². The summed E-state index contributed by atoms with van der Waals surface area (Å²) in [4.78, 5) is 14.4. The zero-order valence-corrected chi connectivity index (χ0v) is 16.0. The molecule has 1 N–H and O–H groups in total. The van der Waals surface area contributed by atoms with Gasteiger partial charge >= 0.3 is 0 Å². The summed E-state index contributed by atoms with van der Waals surface area (Å²) < 4.78 is 5.93. The van der Waals surface area contributed by atoms with Crippen molar-refractivity contribution in [1.29, 1.82) is 0 Å². The molecular formula is C20H21Cl2NO3. The molecule has 0 bridgehead atoms. The van der Waals surface area contributed by atoms with Gasteiger partial charge in [0, 0.05) is 10.0 Å². The first-order valence-electron chi connectivity index (χ1n) is 8.59. The van der Waals surface area contributed by atoms with Crippen LogP contribution >= 0.6 is 23.2 Å². The minimum absolute atomic E-state index is 0.0300. The Kier molecular flexibility index (Phi) is 6.20. The Hall–Kier alpha value is -1.59. The Balaban J connectivity index is 2.09. The van der Waals surface area contributed by atoms with Crippen molar-refractivity contribution in [3.63, 3.8) is 0 Å². The molecule has 0 radical (unpaired) electrons. The quantitative estimate of drug-likeness (QED) is 0.818. The van der Waals surface area contributed by atoms with Crippen LogP contribution in [-0.2, 0) is 9.53 Å². The number of ether oxygens (including phenoxy) is 1. The van der Waals surface area contributed by atoms with Crippen molar-refractivity contribution in [2.45, 2.75) is 31.5 Å². The summed E-state index contributed by atoms with van der Waals surface area (Å²) in [5.41, 5.74) is 1.79. The van der Waals surface area contributed by atoms with E-state index in [9.17, 15) is 9.90 Å². The third kappa shape index (κ3) is 3.89. The minimum atomic E-state index is -0.381. The molecule has 0 saturated carbocycles. The lowest BCUT2D eigenvalue weighted by Crippen LogP contribution is -2.51. The van der Waals surface area contributed by atoms with E-state index < -0.39 is 0 Å². The van der Waals surface area contributed by atoms with Crippen LogP contribution in [0.1, 0.15) is 36.6 Å². The summed E-state index contributed by atoms with van der Waals surface area (Å²) in [5.74, 6) is -0.135. The zero-order valence-electron chi connectivity index (χ0n) is 14.4. The van der Waals surface area contributed by atoms with Crippen LogP contribution in [0.25, 0.3) is 0 Å². The highest BCUT2D eigenvalue weighted by Gasteiger charge is 2.41. The Morgan fingerprint density at radius 1 is 1.15 bits per heavy atom. The smallest absolute Gasteiger partial charge is 0.249 e. The van der Waals surface area contributed by atoms with Crippen LogP contribution in [0.2, 0.25) is 10.0 Å². The molecule has 0 aromatic heterocycles. The third-order valence-corrected chi connectivity index (χ3v) is 5.21. The molecule has 1 aliphatic heterocycles. The number of hydrogen-bond acceptors (Lipinski definition) is 3. The van der Waals surface area contributed by atoms with Crippen molar-refractivity contribution in [3.8, 4) is 0 Å². The molecule has 2 unspecified atom stereocenters. The second kappa shape index (κ2) is 8.40. The highest BCUT2D eigenvalue weighted by Crippen LogP contribution is 2.42. The van der Waals surface area contributed by atoms with Crippen LogP contribution < -0.4 is 0 Å². The summed E-state index contributed by atoms with van der Waals surface area (Å²) in [6.45, 7) is 1.82. The topological polar surface area (TPSA) is 49.8 Å². The Labute approximate surface area is 163 Å². The van der Waals surface area contributed by atoms with E-state index in [1.807, 2.05) is 37.3 Å². The molecule has 1 saturated heterocycles. The number of benzene rings is 2. The van der Waals surface area contributed by atoms with Gasteiger partial charge in [0.05, 0.1) is 18.7 Å². The van der Waals surface area contributed by atoms with Gasteiger partial charge in [0.25, 0.3) is 0 Å². The number of hydrogen-bond donors (Lipinski definition) is 1. The van der Waals surface area contributed by atoms with Crippen molar-refractivity contribution in [3.05, 3.63) is 69.7 Å². The maximum atomic E-state index is 12.7. The van der Waals surface area contributed by atoms with Gasteiger partial charge in [0.15, 0.2) is 0 Å². The summed E-state index contributed by atoms with van der Waals surface area (Å²) in [5, 5.41) is 11.1. The molecule has 4 nitrogen and oxygen atoms in total. The molecule has 138 valence electrons. The van der Waals surface area contributed by atoms with Crippen molar-refractivity contribution < 1.29 is 14.6 Å². The first-order chi connectivity index (χ1) is 12.5. The molecule has 1 amide bonds. The zero-order chi connectivity index (χ0) is 18.7. The van der Waals surface area contributed by atoms with Gasteiger partial charge in [0.2, 0.25) is 5.91 Å². The highest BCUT2D eigenvalue weighted by molar-refractivity contribution is 6.30. The number of carbonyl (C=O) groups is 1. The highest BCUT2D eigenvalue weighted by atomic mass is 35.5. The molecule has 26 heavy (non-hydrogen) atoms. The van der Waals surface area contributed by atoms with Gasteiger partial charge in [-0.3, -0.25) is 4.79 Å². The molecular weight excluding hydrogens is 373 g/mol. The molecule has 2 aromatic carbocycles. The fourth-order valence-electron chi connectivity index (χ4n) is 3.43.